The highest BCUT2D eigenvalue weighted by atomic mass is 14.2. The van der Waals surface area contributed by atoms with E-state index in [1.165, 1.54) is 0 Å². The van der Waals surface area contributed by atoms with E-state index in [-0.39, 0.29) is 29.7 Å². The van der Waals surface area contributed by atoms with E-state index >= 15 is 0 Å². The predicted octanol–water partition coefficient (Wildman–Crippen LogP) is 11.8. The van der Waals surface area contributed by atoms with Crippen molar-refractivity contribution >= 4 is 32.3 Å². The summed E-state index contributed by atoms with van der Waals surface area (Å²) >= 11 is 0. The van der Waals surface area contributed by atoms with Crippen LogP contribution in [0.15, 0.2) is 170 Å². The zero-order valence-electron chi connectivity index (χ0n) is 27.8. The maximum Gasteiger partial charge on any atom is 0.0629 e. The van der Waals surface area contributed by atoms with E-state index in [9.17, 15) is 0 Å². The highest BCUT2D eigenvalue weighted by Gasteiger charge is 2.18. The Morgan fingerprint density at radius 1 is 0.333 bits per heavy atom. The van der Waals surface area contributed by atoms with Crippen LogP contribution >= 0.6 is 0 Å². The summed E-state index contributed by atoms with van der Waals surface area (Å²) in [4.78, 5) is 0. The van der Waals surface area contributed by atoms with Gasteiger partial charge in [-0.25, -0.2) is 0 Å². The van der Waals surface area contributed by atoms with E-state index in [0.29, 0.717) is 5.56 Å². The molecular formula is C42H28. The van der Waals surface area contributed by atoms with Gasteiger partial charge < -0.3 is 0 Å². The van der Waals surface area contributed by atoms with Gasteiger partial charge in [-0.3, -0.25) is 0 Å². The highest BCUT2D eigenvalue weighted by Crippen LogP contribution is 2.46. The first kappa shape index (κ1) is 19.6. The van der Waals surface area contributed by atoms with Gasteiger partial charge >= 0.3 is 0 Å². The first-order chi connectivity index (χ1) is 22.9. The first-order valence-corrected chi connectivity index (χ1v) is 14.1. The first-order valence-electron chi connectivity index (χ1n) is 16.6. The van der Waals surface area contributed by atoms with Gasteiger partial charge in [-0.15, -0.1) is 0 Å². The smallest absolute Gasteiger partial charge is 0.0622 e. The SMILES string of the molecule is [2H]c1c([2H])c([2H])c(-c2ccc3c(-c4ccc(-c5ccccc5)cc4)c4ccccc4c(-c4cccc5ccccc45)c3c2)c([2H])c1[2H]. The highest BCUT2D eigenvalue weighted by molar-refractivity contribution is 6.24. The molecule has 8 aromatic rings. The van der Waals surface area contributed by atoms with Crippen LogP contribution in [0, 0.1) is 0 Å². The van der Waals surface area contributed by atoms with E-state index in [1.807, 2.05) is 42.5 Å². The Morgan fingerprint density at radius 3 is 1.69 bits per heavy atom. The molecule has 0 aliphatic carbocycles. The second-order valence-electron chi connectivity index (χ2n) is 10.5. The summed E-state index contributed by atoms with van der Waals surface area (Å²) in [7, 11) is 0. The molecule has 0 fully saturated rings. The summed E-state index contributed by atoms with van der Waals surface area (Å²) in [6.07, 6.45) is 0. The van der Waals surface area contributed by atoms with Crippen LogP contribution in [0.3, 0.4) is 0 Å². The Kier molecular flexibility index (Phi) is 4.75. The zero-order valence-corrected chi connectivity index (χ0v) is 22.8. The van der Waals surface area contributed by atoms with Crippen molar-refractivity contribution in [2.45, 2.75) is 0 Å². The van der Waals surface area contributed by atoms with Gasteiger partial charge in [0.2, 0.25) is 0 Å². The summed E-state index contributed by atoms with van der Waals surface area (Å²) in [5, 5.41) is 6.42. The normalized spacial score (nSPS) is 13.0. The average molecular weight is 538 g/mol. The lowest BCUT2D eigenvalue weighted by Gasteiger charge is -2.20. The monoisotopic (exact) mass is 537 g/mol. The lowest BCUT2D eigenvalue weighted by Crippen LogP contribution is -1.92. The molecule has 0 aromatic heterocycles. The van der Waals surface area contributed by atoms with Gasteiger partial charge in [0.25, 0.3) is 0 Å². The molecule has 0 heterocycles. The van der Waals surface area contributed by atoms with Gasteiger partial charge in [0.1, 0.15) is 0 Å². The van der Waals surface area contributed by atoms with Crippen molar-refractivity contribution in [2.24, 2.45) is 0 Å². The molecule has 0 aliphatic heterocycles. The third-order valence-electron chi connectivity index (χ3n) is 8.15. The van der Waals surface area contributed by atoms with Gasteiger partial charge in [0.15, 0.2) is 0 Å². The van der Waals surface area contributed by atoms with Crippen LogP contribution in [0.2, 0.25) is 0 Å². The summed E-state index contributed by atoms with van der Waals surface area (Å²) in [5.74, 6) is 0. The Bertz CT molecular complexity index is 2470. The molecule has 8 aromatic carbocycles. The third kappa shape index (κ3) is 4.08. The fourth-order valence-corrected chi connectivity index (χ4v) is 6.23. The molecule has 0 heteroatoms. The molecule has 42 heavy (non-hydrogen) atoms. The Hall–Kier alpha value is -5.46. The molecule has 0 bridgehead atoms. The van der Waals surface area contributed by atoms with Crippen LogP contribution in [-0.4, -0.2) is 0 Å². The Balaban J connectivity index is 1.49. The van der Waals surface area contributed by atoms with Gasteiger partial charge in [-0.2, -0.15) is 0 Å². The number of benzene rings is 8. The minimum Gasteiger partial charge on any atom is -0.0622 e. The van der Waals surface area contributed by atoms with Gasteiger partial charge in [0.05, 0.1) is 6.85 Å². The molecule has 0 atom stereocenters. The van der Waals surface area contributed by atoms with E-state index in [0.717, 1.165) is 65.7 Å². The van der Waals surface area contributed by atoms with E-state index in [2.05, 4.69) is 97.1 Å². The van der Waals surface area contributed by atoms with Crippen LogP contribution in [0.1, 0.15) is 6.85 Å². The van der Waals surface area contributed by atoms with E-state index in [1.54, 1.807) is 0 Å². The average Bonchev–Trinajstić information content (AvgIpc) is 3.12. The van der Waals surface area contributed by atoms with E-state index < -0.39 is 6.04 Å². The second kappa shape index (κ2) is 10.2. The van der Waals surface area contributed by atoms with Crippen LogP contribution in [0.25, 0.3) is 76.8 Å². The fraction of sp³-hybridized carbons (Fsp3) is 0. The molecule has 196 valence electrons. The maximum atomic E-state index is 8.73. The largest absolute Gasteiger partial charge is 0.0629 e. The third-order valence-corrected chi connectivity index (χ3v) is 8.15. The predicted molar refractivity (Wildman–Crippen MR) is 181 cm³/mol. The van der Waals surface area contributed by atoms with Crippen LogP contribution in [0.4, 0.5) is 0 Å². The fourth-order valence-electron chi connectivity index (χ4n) is 6.23. The lowest BCUT2D eigenvalue weighted by atomic mass is 9.83. The molecule has 8 rings (SSSR count). The summed E-state index contributed by atoms with van der Waals surface area (Å²) in [6.45, 7) is 0. The summed E-state index contributed by atoms with van der Waals surface area (Å²) < 4.78 is 42.3. The molecule has 0 amide bonds. The zero-order chi connectivity index (χ0) is 32.2. The van der Waals surface area contributed by atoms with Crippen molar-refractivity contribution in [1.82, 2.24) is 0 Å². The van der Waals surface area contributed by atoms with Crippen LogP contribution < -0.4 is 0 Å². The van der Waals surface area contributed by atoms with Crippen molar-refractivity contribution < 1.29 is 6.85 Å². The second-order valence-corrected chi connectivity index (χ2v) is 10.5. The van der Waals surface area contributed by atoms with Crippen molar-refractivity contribution in [3.05, 3.63) is 170 Å². The molecule has 0 saturated heterocycles. The Labute approximate surface area is 253 Å². The summed E-state index contributed by atoms with van der Waals surface area (Å²) in [5.41, 5.74) is 7.36. The van der Waals surface area contributed by atoms with E-state index in [4.69, 9.17) is 6.85 Å². The Morgan fingerprint density at radius 2 is 0.905 bits per heavy atom. The van der Waals surface area contributed by atoms with Crippen molar-refractivity contribution in [1.29, 1.82) is 0 Å². The molecule has 0 radical (unpaired) electrons. The molecule has 0 N–H and O–H groups in total. The molecule has 0 saturated carbocycles. The minimum absolute atomic E-state index is 0.198. The van der Waals surface area contributed by atoms with Gasteiger partial charge in [-0.05, 0) is 82.9 Å². The van der Waals surface area contributed by atoms with Gasteiger partial charge in [0, 0.05) is 0 Å². The van der Waals surface area contributed by atoms with Gasteiger partial charge in [-0.1, -0.05) is 164 Å². The van der Waals surface area contributed by atoms with Crippen molar-refractivity contribution in [3.8, 4) is 44.5 Å². The molecule has 0 spiro atoms. The summed E-state index contributed by atoms with van der Waals surface area (Å²) in [6, 6.07) is 46.6. The van der Waals surface area contributed by atoms with Crippen molar-refractivity contribution in [2.75, 3.05) is 0 Å². The molecule has 0 unspecified atom stereocenters. The minimum atomic E-state index is -0.395. The lowest BCUT2D eigenvalue weighted by molar-refractivity contribution is 1.61. The standard InChI is InChI=1S/C42H28/c1-3-12-29(13-4-1)31-22-24-33(25-23-31)41-37-19-9-10-20-38(37)42(36-21-11-17-32-16-7-8-18-35(32)36)40-28-34(26-27-39(40)41)30-14-5-2-6-15-30/h1-28H/i2D,5D,6D,14D,15D. The quantitative estimate of drug-likeness (QED) is 0.196. The number of fused-ring (bicyclic) bond motifs is 3. The number of hydrogen-bond donors (Lipinski definition) is 0. The number of rotatable bonds is 4. The topological polar surface area (TPSA) is 0 Å². The van der Waals surface area contributed by atoms with Crippen LogP contribution in [-0.2, 0) is 0 Å². The molecular weight excluding hydrogens is 504 g/mol. The number of hydrogen-bond acceptors (Lipinski definition) is 0. The van der Waals surface area contributed by atoms with Crippen LogP contribution in [0.5, 0.6) is 0 Å². The molecule has 0 aliphatic rings. The van der Waals surface area contributed by atoms with Crippen molar-refractivity contribution in [3.63, 3.8) is 0 Å². The molecule has 0 nitrogen and oxygen atoms in total. The maximum absolute atomic E-state index is 8.73.